The van der Waals surface area contributed by atoms with Crippen LogP contribution < -0.4 is 5.32 Å². The van der Waals surface area contributed by atoms with Crippen LogP contribution in [0.1, 0.15) is 24.7 Å². The number of ether oxygens (including phenoxy) is 1. The van der Waals surface area contributed by atoms with Gasteiger partial charge < -0.3 is 10.1 Å². The maximum Gasteiger partial charge on any atom is 0.0739 e. The molecule has 2 unspecified atom stereocenters. The van der Waals surface area contributed by atoms with Crippen LogP contribution in [-0.4, -0.2) is 29.0 Å². The molecule has 0 spiro atoms. The zero-order valence-electron chi connectivity index (χ0n) is 10.7. The van der Waals surface area contributed by atoms with Crippen molar-refractivity contribution in [2.24, 2.45) is 13.0 Å². The van der Waals surface area contributed by atoms with E-state index in [0.29, 0.717) is 12.0 Å². The fourth-order valence-electron chi connectivity index (χ4n) is 2.28. The minimum Gasteiger partial charge on any atom is -0.381 e. The van der Waals surface area contributed by atoms with Crippen molar-refractivity contribution in [2.45, 2.75) is 32.9 Å². The van der Waals surface area contributed by atoms with Crippen LogP contribution in [0.15, 0.2) is 4.47 Å². The summed E-state index contributed by atoms with van der Waals surface area (Å²) in [7, 11) is 1.99. The van der Waals surface area contributed by atoms with E-state index < -0.39 is 0 Å². The summed E-state index contributed by atoms with van der Waals surface area (Å²) >= 11 is 3.59. The van der Waals surface area contributed by atoms with Crippen molar-refractivity contribution in [1.82, 2.24) is 15.1 Å². The molecule has 2 atom stereocenters. The van der Waals surface area contributed by atoms with Gasteiger partial charge in [0.1, 0.15) is 0 Å². The number of aromatic nitrogens is 2. The van der Waals surface area contributed by atoms with Crippen molar-refractivity contribution in [2.75, 3.05) is 13.2 Å². The molecular formula is C12H20BrN3O. The topological polar surface area (TPSA) is 39.1 Å². The zero-order valence-corrected chi connectivity index (χ0v) is 12.2. The second-order valence-corrected chi connectivity index (χ2v) is 5.59. The smallest absolute Gasteiger partial charge is 0.0739 e. The quantitative estimate of drug-likeness (QED) is 0.928. The van der Waals surface area contributed by atoms with E-state index in [1.807, 2.05) is 18.7 Å². The SMILES string of the molecule is Cc1nn(C)c(CNC2CCOCC2C)c1Br. The van der Waals surface area contributed by atoms with Crippen molar-refractivity contribution in [3.8, 4) is 0 Å². The van der Waals surface area contributed by atoms with Crippen LogP contribution in [0.4, 0.5) is 0 Å². The average molecular weight is 302 g/mol. The normalized spacial score (nSPS) is 25.2. The van der Waals surface area contributed by atoms with Crippen molar-refractivity contribution in [3.05, 3.63) is 15.9 Å². The third-order valence-electron chi connectivity index (χ3n) is 3.43. The standard InChI is InChI=1S/C12H20BrN3O/c1-8-7-17-5-4-10(8)14-6-11-12(13)9(2)15-16(11)3/h8,10,14H,4-7H2,1-3H3. The summed E-state index contributed by atoms with van der Waals surface area (Å²) in [6.07, 6.45) is 1.09. The summed E-state index contributed by atoms with van der Waals surface area (Å²) in [4.78, 5) is 0. The number of rotatable bonds is 3. The second kappa shape index (κ2) is 5.50. The van der Waals surface area contributed by atoms with E-state index in [2.05, 4.69) is 33.3 Å². The third-order valence-corrected chi connectivity index (χ3v) is 4.47. The van der Waals surface area contributed by atoms with Gasteiger partial charge in [-0.15, -0.1) is 0 Å². The molecule has 0 radical (unpaired) electrons. The Morgan fingerprint density at radius 3 is 2.94 bits per heavy atom. The summed E-state index contributed by atoms with van der Waals surface area (Å²) < 4.78 is 8.51. The van der Waals surface area contributed by atoms with E-state index in [1.165, 1.54) is 5.69 Å². The molecule has 0 aromatic carbocycles. The van der Waals surface area contributed by atoms with Gasteiger partial charge in [-0.05, 0) is 35.2 Å². The van der Waals surface area contributed by atoms with Crippen LogP contribution in [0, 0.1) is 12.8 Å². The largest absolute Gasteiger partial charge is 0.381 e. The highest BCUT2D eigenvalue weighted by Gasteiger charge is 2.22. The molecule has 1 aromatic heterocycles. The van der Waals surface area contributed by atoms with Gasteiger partial charge in [0.05, 0.1) is 22.5 Å². The summed E-state index contributed by atoms with van der Waals surface area (Å²) in [5.41, 5.74) is 2.26. The molecule has 1 saturated heterocycles. The van der Waals surface area contributed by atoms with Gasteiger partial charge in [-0.3, -0.25) is 4.68 Å². The summed E-state index contributed by atoms with van der Waals surface area (Å²) in [6.45, 7) is 6.84. The highest BCUT2D eigenvalue weighted by atomic mass is 79.9. The predicted molar refractivity (Wildman–Crippen MR) is 70.9 cm³/mol. The number of aryl methyl sites for hydroxylation is 2. The van der Waals surface area contributed by atoms with Gasteiger partial charge >= 0.3 is 0 Å². The number of nitrogens with zero attached hydrogens (tertiary/aromatic N) is 2. The van der Waals surface area contributed by atoms with Gasteiger partial charge in [-0.2, -0.15) is 5.10 Å². The fraction of sp³-hybridized carbons (Fsp3) is 0.750. The Labute approximate surface area is 111 Å². The molecular weight excluding hydrogens is 282 g/mol. The van der Waals surface area contributed by atoms with Crippen molar-refractivity contribution in [3.63, 3.8) is 0 Å². The number of hydrogen-bond acceptors (Lipinski definition) is 3. The van der Waals surface area contributed by atoms with Gasteiger partial charge in [-0.1, -0.05) is 6.92 Å². The molecule has 0 saturated carbocycles. The van der Waals surface area contributed by atoms with Crippen LogP contribution in [-0.2, 0) is 18.3 Å². The maximum absolute atomic E-state index is 5.45. The molecule has 1 aliphatic heterocycles. The fourth-order valence-corrected chi connectivity index (χ4v) is 2.76. The van der Waals surface area contributed by atoms with Crippen molar-refractivity contribution >= 4 is 15.9 Å². The van der Waals surface area contributed by atoms with Gasteiger partial charge in [-0.25, -0.2) is 0 Å². The first-order chi connectivity index (χ1) is 8.09. The van der Waals surface area contributed by atoms with Crippen LogP contribution in [0.3, 0.4) is 0 Å². The molecule has 17 heavy (non-hydrogen) atoms. The monoisotopic (exact) mass is 301 g/mol. The summed E-state index contributed by atoms with van der Waals surface area (Å²) in [5, 5.41) is 8.01. The van der Waals surface area contributed by atoms with Gasteiger partial charge in [0.25, 0.3) is 0 Å². The Bertz CT molecular complexity index is 391. The molecule has 0 amide bonds. The Balaban J connectivity index is 1.97. The number of hydrogen-bond donors (Lipinski definition) is 1. The Morgan fingerprint density at radius 1 is 1.59 bits per heavy atom. The molecule has 5 heteroatoms. The lowest BCUT2D eigenvalue weighted by molar-refractivity contribution is 0.0384. The van der Waals surface area contributed by atoms with Crippen molar-refractivity contribution < 1.29 is 4.74 Å². The summed E-state index contributed by atoms with van der Waals surface area (Å²) in [5.74, 6) is 0.580. The van der Waals surface area contributed by atoms with E-state index in [-0.39, 0.29) is 0 Å². The first-order valence-electron chi connectivity index (χ1n) is 6.08. The minimum absolute atomic E-state index is 0.547. The molecule has 96 valence electrons. The van der Waals surface area contributed by atoms with E-state index in [4.69, 9.17) is 4.74 Å². The lowest BCUT2D eigenvalue weighted by atomic mass is 9.98. The molecule has 2 rings (SSSR count). The molecule has 2 heterocycles. The van der Waals surface area contributed by atoms with Crippen molar-refractivity contribution in [1.29, 1.82) is 0 Å². The van der Waals surface area contributed by atoms with Crippen LogP contribution in [0.5, 0.6) is 0 Å². The maximum atomic E-state index is 5.45. The third kappa shape index (κ3) is 2.89. The molecule has 0 aliphatic carbocycles. The van der Waals surface area contributed by atoms with Gasteiger partial charge in [0.15, 0.2) is 0 Å². The van der Waals surface area contributed by atoms with E-state index in [0.717, 1.165) is 36.3 Å². The van der Waals surface area contributed by atoms with Crippen LogP contribution in [0.25, 0.3) is 0 Å². The Hall–Kier alpha value is -0.390. The minimum atomic E-state index is 0.547. The Morgan fingerprint density at radius 2 is 2.35 bits per heavy atom. The molecule has 1 aliphatic rings. The summed E-state index contributed by atoms with van der Waals surface area (Å²) in [6, 6.07) is 0.547. The van der Waals surface area contributed by atoms with E-state index >= 15 is 0 Å². The van der Waals surface area contributed by atoms with E-state index in [1.54, 1.807) is 0 Å². The first-order valence-corrected chi connectivity index (χ1v) is 6.88. The van der Waals surface area contributed by atoms with Gasteiger partial charge in [0, 0.05) is 26.2 Å². The molecule has 4 nitrogen and oxygen atoms in total. The number of nitrogens with one attached hydrogen (secondary N) is 1. The number of halogens is 1. The van der Waals surface area contributed by atoms with Crippen LogP contribution in [0.2, 0.25) is 0 Å². The Kier molecular flexibility index (Phi) is 4.22. The zero-order chi connectivity index (χ0) is 12.4. The predicted octanol–water partition coefficient (Wildman–Crippen LogP) is 2.01. The molecule has 0 bridgehead atoms. The average Bonchev–Trinajstić information content (AvgIpc) is 2.53. The second-order valence-electron chi connectivity index (χ2n) is 4.80. The van der Waals surface area contributed by atoms with E-state index in [9.17, 15) is 0 Å². The molecule has 1 N–H and O–H groups in total. The highest BCUT2D eigenvalue weighted by Crippen LogP contribution is 2.21. The molecule has 1 aromatic rings. The lowest BCUT2D eigenvalue weighted by Crippen LogP contribution is -2.41. The molecule has 1 fully saturated rings. The van der Waals surface area contributed by atoms with Crippen LogP contribution >= 0.6 is 15.9 Å². The van der Waals surface area contributed by atoms with Gasteiger partial charge in [0.2, 0.25) is 0 Å². The highest BCUT2D eigenvalue weighted by molar-refractivity contribution is 9.10. The lowest BCUT2D eigenvalue weighted by Gasteiger charge is -2.29. The first kappa shape index (κ1) is 13.1.